The van der Waals surface area contributed by atoms with Gasteiger partial charge in [-0.05, 0) is 48.9 Å². The molecule has 0 spiro atoms. The summed E-state index contributed by atoms with van der Waals surface area (Å²) in [6, 6.07) is 10.6. The van der Waals surface area contributed by atoms with Crippen molar-refractivity contribution in [2.45, 2.75) is 24.3 Å². The van der Waals surface area contributed by atoms with Crippen molar-refractivity contribution in [2.75, 3.05) is 5.32 Å². The Morgan fingerprint density at radius 1 is 1.12 bits per heavy atom. The highest BCUT2D eigenvalue weighted by molar-refractivity contribution is 7.89. The Hall–Kier alpha value is -2.78. The van der Waals surface area contributed by atoms with Crippen LogP contribution in [0.25, 0.3) is 0 Å². The molecule has 0 saturated carbocycles. The largest absolute Gasteiger partial charge is 0.452 e. The summed E-state index contributed by atoms with van der Waals surface area (Å²) in [6.07, 6.45) is -1.16. The number of sulfonamides is 1. The number of ether oxygens (including phenoxy) is 1. The van der Waals surface area contributed by atoms with Gasteiger partial charge in [0.25, 0.3) is 5.91 Å². The first-order valence-corrected chi connectivity index (χ1v) is 9.07. The van der Waals surface area contributed by atoms with Crippen molar-refractivity contribution in [3.8, 4) is 0 Å². The van der Waals surface area contributed by atoms with Gasteiger partial charge in [-0.2, -0.15) is 0 Å². The third-order valence-electron chi connectivity index (χ3n) is 3.39. The summed E-state index contributed by atoms with van der Waals surface area (Å²) in [6.45, 7) is 1.40. The van der Waals surface area contributed by atoms with Gasteiger partial charge >= 0.3 is 5.97 Å². The first-order chi connectivity index (χ1) is 12.1. The number of carbonyl (C=O) groups is 2. The Balaban J connectivity index is 1.90. The van der Waals surface area contributed by atoms with Gasteiger partial charge in [0.2, 0.25) is 10.0 Å². The van der Waals surface area contributed by atoms with Gasteiger partial charge in [0.15, 0.2) is 6.10 Å². The zero-order valence-electron chi connectivity index (χ0n) is 13.8. The SMILES string of the molecule is C[C@@H](OC(=O)Cc1ccc(F)cc1)C(=O)Nc1ccc(S(N)(=O)=O)cc1. The van der Waals surface area contributed by atoms with E-state index in [-0.39, 0.29) is 11.3 Å². The minimum Gasteiger partial charge on any atom is -0.452 e. The van der Waals surface area contributed by atoms with E-state index in [9.17, 15) is 22.4 Å². The molecule has 0 saturated heterocycles. The maximum absolute atomic E-state index is 12.8. The topological polar surface area (TPSA) is 116 Å². The van der Waals surface area contributed by atoms with Gasteiger partial charge in [0.05, 0.1) is 11.3 Å². The van der Waals surface area contributed by atoms with Crippen LogP contribution in [-0.2, 0) is 30.8 Å². The summed E-state index contributed by atoms with van der Waals surface area (Å²) < 4.78 is 40.2. The number of nitrogens with two attached hydrogens (primary N) is 1. The van der Waals surface area contributed by atoms with Crippen LogP contribution in [0.1, 0.15) is 12.5 Å². The number of halogens is 1. The molecular formula is C17H17FN2O5S. The van der Waals surface area contributed by atoms with Gasteiger partial charge in [-0.15, -0.1) is 0 Å². The van der Waals surface area contributed by atoms with Crippen LogP contribution < -0.4 is 10.5 Å². The number of rotatable bonds is 6. The minimum absolute atomic E-state index is 0.0886. The van der Waals surface area contributed by atoms with Crippen molar-refractivity contribution in [1.29, 1.82) is 0 Å². The number of carbonyl (C=O) groups excluding carboxylic acids is 2. The molecule has 0 unspecified atom stereocenters. The van der Waals surface area contributed by atoms with Crippen LogP contribution in [0.15, 0.2) is 53.4 Å². The third kappa shape index (κ3) is 5.64. The Morgan fingerprint density at radius 3 is 2.23 bits per heavy atom. The summed E-state index contributed by atoms with van der Waals surface area (Å²) in [7, 11) is -3.82. The highest BCUT2D eigenvalue weighted by Gasteiger charge is 2.18. The lowest BCUT2D eigenvalue weighted by molar-refractivity contribution is -0.152. The number of esters is 1. The van der Waals surface area contributed by atoms with E-state index in [1.807, 2.05) is 0 Å². The molecule has 2 aromatic carbocycles. The number of hydrogen-bond acceptors (Lipinski definition) is 5. The lowest BCUT2D eigenvalue weighted by Gasteiger charge is -2.14. The normalized spacial score (nSPS) is 12.3. The molecule has 0 aliphatic carbocycles. The van der Waals surface area contributed by atoms with E-state index in [4.69, 9.17) is 9.88 Å². The monoisotopic (exact) mass is 380 g/mol. The number of nitrogens with one attached hydrogen (secondary N) is 1. The van der Waals surface area contributed by atoms with Crippen molar-refractivity contribution in [2.24, 2.45) is 5.14 Å². The molecule has 2 aromatic rings. The number of primary sulfonamides is 1. The molecule has 0 radical (unpaired) electrons. The summed E-state index contributed by atoms with van der Waals surface area (Å²) in [4.78, 5) is 23.8. The Morgan fingerprint density at radius 2 is 1.69 bits per heavy atom. The highest BCUT2D eigenvalue weighted by atomic mass is 32.2. The molecule has 0 fully saturated rings. The fourth-order valence-corrected chi connectivity index (χ4v) is 2.55. The van der Waals surface area contributed by atoms with Gasteiger partial charge in [0, 0.05) is 5.69 Å². The predicted molar refractivity (Wildman–Crippen MR) is 92.1 cm³/mol. The maximum Gasteiger partial charge on any atom is 0.311 e. The van der Waals surface area contributed by atoms with E-state index in [1.165, 1.54) is 55.5 Å². The lowest BCUT2D eigenvalue weighted by atomic mass is 10.1. The quantitative estimate of drug-likeness (QED) is 0.739. The Kier molecular flexibility index (Phi) is 6.06. The summed E-state index contributed by atoms with van der Waals surface area (Å²) in [5.74, 6) is -1.63. The Labute approximate surface area is 150 Å². The number of amides is 1. The number of anilines is 1. The van der Waals surface area contributed by atoms with E-state index < -0.39 is 33.8 Å². The fraction of sp³-hybridized carbons (Fsp3) is 0.176. The zero-order valence-corrected chi connectivity index (χ0v) is 14.6. The highest BCUT2D eigenvalue weighted by Crippen LogP contribution is 2.13. The molecule has 1 atom stereocenters. The first-order valence-electron chi connectivity index (χ1n) is 7.53. The minimum atomic E-state index is -3.82. The van der Waals surface area contributed by atoms with Crippen molar-refractivity contribution in [1.82, 2.24) is 0 Å². The predicted octanol–water partition coefficient (Wildman–Crippen LogP) is 1.59. The second-order valence-corrected chi connectivity index (χ2v) is 7.06. The van der Waals surface area contributed by atoms with Crippen molar-refractivity contribution in [3.05, 3.63) is 59.9 Å². The second kappa shape index (κ2) is 8.07. The lowest BCUT2D eigenvalue weighted by Crippen LogP contribution is -2.30. The number of hydrogen-bond donors (Lipinski definition) is 2. The molecule has 2 rings (SSSR count). The second-order valence-electron chi connectivity index (χ2n) is 5.49. The average molecular weight is 380 g/mol. The van der Waals surface area contributed by atoms with Crippen LogP contribution >= 0.6 is 0 Å². The molecule has 3 N–H and O–H groups in total. The van der Waals surface area contributed by atoms with E-state index in [2.05, 4.69) is 5.32 Å². The van der Waals surface area contributed by atoms with Crippen molar-refractivity contribution >= 4 is 27.6 Å². The van der Waals surface area contributed by atoms with Gasteiger partial charge in [-0.25, -0.2) is 17.9 Å². The van der Waals surface area contributed by atoms with Crippen molar-refractivity contribution in [3.63, 3.8) is 0 Å². The van der Waals surface area contributed by atoms with Gasteiger partial charge in [0.1, 0.15) is 5.82 Å². The standard InChI is InChI=1S/C17H17FN2O5S/c1-11(25-16(21)10-12-2-4-13(18)5-3-12)17(22)20-14-6-8-15(9-7-14)26(19,23)24/h2-9,11H,10H2,1H3,(H,20,22)(H2,19,23,24)/t11-/m1/s1. The smallest absolute Gasteiger partial charge is 0.311 e. The third-order valence-corrected chi connectivity index (χ3v) is 4.32. The zero-order chi connectivity index (χ0) is 19.3. The number of benzene rings is 2. The van der Waals surface area contributed by atoms with Crippen LogP contribution in [0, 0.1) is 5.82 Å². The van der Waals surface area contributed by atoms with Gasteiger partial charge in [-0.1, -0.05) is 12.1 Å². The molecule has 0 aliphatic heterocycles. The van der Waals surface area contributed by atoms with Crippen molar-refractivity contribution < 1.29 is 27.1 Å². The molecule has 0 bridgehead atoms. The molecule has 0 heterocycles. The van der Waals surface area contributed by atoms with E-state index >= 15 is 0 Å². The molecular weight excluding hydrogens is 363 g/mol. The molecule has 9 heteroatoms. The summed E-state index contributed by atoms with van der Waals surface area (Å²) >= 11 is 0. The molecule has 26 heavy (non-hydrogen) atoms. The van der Waals surface area contributed by atoms with Crippen LogP contribution in [0.2, 0.25) is 0 Å². The summed E-state index contributed by atoms with van der Waals surface area (Å²) in [5, 5.41) is 7.48. The van der Waals surface area contributed by atoms with Crippen LogP contribution in [-0.4, -0.2) is 26.4 Å². The van der Waals surface area contributed by atoms with E-state index in [0.29, 0.717) is 11.3 Å². The van der Waals surface area contributed by atoms with E-state index in [0.717, 1.165) is 0 Å². The molecule has 7 nitrogen and oxygen atoms in total. The molecule has 1 amide bonds. The summed E-state index contributed by atoms with van der Waals surface area (Å²) in [5.41, 5.74) is 0.881. The fourth-order valence-electron chi connectivity index (χ4n) is 2.03. The molecule has 0 aliphatic rings. The van der Waals surface area contributed by atoms with Gasteiger partial charge < -0.3 is 10.1 Å². The van der Waals surface area contributed by atoms with Crippen LogP contribution in [0.3, 0.4) is 0 Å². The Bertz CT molecular complexity index is 896. The average Bonchev–Trinajstić information content (AvgIpc) is 2.56. The maximum atomic E-state index is 12.8. The van der Waals surface area contributed by atoms with Crippen LogP contribution in [0.4, 0.5) is 10.1 Å². The van der Waals surface area contributed by atoms with Crippen LogP contribution in [0.5, 0.6) is 0 Å². The van der Waals surface area contributed by atoms with E-state index in [1.54, 1.807) is 0 Å². The van der Waals surface area contributed by atoms with Gasteiger partial charge in [-0.3, -0.25) is 9.59 Å². The first kappa shape index (κ1) is 19.5. The molecule has 138 valence electrons. The molecule has 0 aromatic heterocycles.